The Bertz CT molecular complexity index is 938. The molecule has 1 atom stereocenters. The maximum atomic E-state index is 13.0. The number of carbonyl (C=O) groups excluding carboxylic acids is 3. The van der Waals surface area contributed by atoms with Gasteiger partial charge in [0.05, 0.1) is 5.75 Å². The van der Waals surface area contributed by atoms with E-state index in [1.54, 1.807) is 12.1 Å². The molecule has 158 valence electrons. The van der Waals surface area contributed by atoms with Crippen molar-refractivity contribution in [2.45, 2.75) is 50.0 Å². The first kappa shape index (κ1) is 21.9. The summed E-state index contributed by atoms with van der Waals surface area (Å²) in [4.78, 5) is 38.8. The number of thioether (sulfide) groups is 1. The summed E-state index contributed by atoms with van der Waals surface area (Å²) in [5.74, 6) is -0.798. The van der Waals surface area contributed by atoms with Crippen molar-refractivity contribution in [3.05, 3.63) is 65.7 Å². The van der Waals surface area contributed by atoms with Crippen LogP contribution in [0.15, 0.2) is 59.5 Å². The normalized spacial score (nSPS) is 19.0. The molecule has 7 heteroatoms. The molecule has 1 fully saturated rings. The van der Waals surface area contributed by atoms with Crippen LogP contribution in [0.4, 0.5) is 4.79 Å². The maximum Gasteiger partial charge on any atom is 0.344 e. The van der Waals surface area contributed by atoms with Crippen LogP contribution in [0.3, 0.4) is 0 Å². The van der Waals surface area contributed by atoms with Gasteiger partial charge in [-0.05, 0) is 35.1 Å². The Balaban J connectivity index is 1.64. The molecule has 2 N–H and O–H groups in total. The number of nitrogens with one attached hydrogen (secondary N) is 2. The van der Waals surface area contributed by atoms with Crippen molar-refractivity contribution < 1.29 is 14.4 Å². The highest BCUT2D eigenvalue weighted by Crippen LogP contribution is 2.31. The Labute approximate surface area is 181 Å². The number of benzene rings is 2. The first-order valence-corrected chi connectivity index (χ1v) is 10.9. The molecule has 0 spiro atoms. The molecule has 0 saturated carbocycles. The van der Waals surface area contributed by atoms with Gasteiger partial charge in [0.1, 0.15) is 5.54 Å². The van der Waals surface area contributed by atoms with Crippen molar-refractivity contribution in [2.24, 2.45) is 0 Å². The fourth-order valence-electron chi connectivity index (χ4n) is 3.40. The zero-order chi connectivity index (χ0) is 21.9. The summed E-state index contributed by atoms with van der Waals surface area (Å²) in [5, 5.41) is 3.54. The quantitative estimate of drug-likeness (QED) is 0.542. The number of amides is 4. The summed E-state index contributed by atoms with van der Waals surface area (Å²) in [6, 6.07) is 16.5. The minimum absolute atomic E-state index is 0.0641. The van der Waals surface area contributed by atoms with Crippen LogP contribution in [-0.4, -0.2) is 28.6 Å². The largest absolute Gasteiger partial charge is 0.344 e. The summed E-state index contributed by atoms with van der Waals surface area (Å²) in [6.07, 6.45) is 0.378. The molecule has 6 nitrogen and oxygen atoms in total. The molecular weight excluding hydrogens is 398 g/mol. The van der Waals surface area contributed by atoms with Crippen LogP contribution in [0.1, 0.15) is 45.2 Å². The van der Waals surface area contributed by atoms with E-state index in [9.17, 15) is 14.4 Å². The van der Waals surface area contributed by atoms with Gasteiger partial charge in [0.25, 0.3) is 5.91 Å². The number of hydrogen-bond acceptors (Lipinski definition) is 4. The van der Waals surface area contributed by atoms with Gasteiger partial charge in [-0.3, -0.25) is 15.0 Å². The average molecular weight is 426 g/mol. The Morgan fingerprint density at radius 3 is 2.27 bits per heavy atom. The van der Waals surface area contributed by atoms with Gasteiger partial charge < -0.3 is 5.32 Å². The molecule has 1 saturated heterocycles. The van der Waals surface area contributed by atoms with Gasteiger partial charge in [-0.15, -0.1) is 11.8 Å². The second-order valence-corrected chi connectivity index (χ2v) is 9.34. The predicted molar refractivity (Wildman–Crippen MR) is 118 cm³/mol. The lowest BCUT2D eigenvalue weighted by molar-refractivity contribution is -0.138. The Kier molecular flexibility index (Phi) is 6.22. The third kappa shape index (κ3) is 4.36. The first-order chi connectivity index (χ1) is 14.2. The molecule has 0 bridgehead atoms. The Hall–Kier alpha value is -2.80. The molecule has 2 aromatic carbocycles. The Morgan fingerprint density at radius 2 is 1.70 bits per heavy atom. The van der Waals surface area contributed by atoms with Gasteiger partial charge in [0, 0.05) is 4.90 Å². The number of rotatable bonds is 6. The number of imide groups is 1. The van der Waals surface area contributed by atoms with E-state index in [0.717, 1.165) is 9.90 Å². The summed E-state index contributed by atoms with van der Waals surface area (Å²) < 4.78 is 0. The van der Waals surface area contributed by atoms with Gasteiger partial charge >= 0.3 is 6.03 Å². The van der Waals surface area contributed by atoms with Crippen LogP contribution < -0.4 is 10.7 Å². The zero-order valence-electron chi connectivity index (χ0n) is 17.7. The molecular formula is C23H27N3O3S. The summed E-state index contributed by atoms with van der Waals surface area (Å²) >= 11 is 1.35. The molecule has 0 radical (unpaired) electrons. The third-order valence-electron chi connectivity index (χ3n) is 5.22. The predicted octanol–water partition coefficient (Wildman–Crippen LogP) is 3.96. The number of hydrogen-bond donors (Lipinski definition) is 2. The summed E-state index contributed by atoms with van der Waals surface area (Å²) in [5.41, 5.74) is 3.26. The van der Waals surface area contributed by atoms with Crippen LogP contribution >= 0.6 is 11.8 Å². The molecule has 4 amide bonds. The van der Waals surface area contributed by atoms with Crippen molar-refractivity contribution in [2.75, 3.05) is 5.75 Å². The van der Waals surface area contributed by atoms with Gasteiger partial charge in [-0.25, -0.2) is 4.79 Å². The molecule has 2 aromatic rings. The van der Waals surface area contributed by atoms with E-state index in [4.69, 9.17) is 0 Å². The fraction of sp³-hybridized carbons (Fsp3) is 0.348. The highest BCUT2D eigenvalue weighted by atomic mass is 32.2. The SMILES string of the molecule is CCC1(c2ccccc2)NC(=O)N(NC(=O)CSc2ccc(C(C)(C)C)cc2)C1=O. The second kappa shape index (κ2) is 8.52. The van der Waals surface area contributed by atoms with E-state index in [2.05, 4.69) is 31.5 Å². The van der Waals surface area contributed by atoms with E-state index in [1.807, 2.05) is 49.4 Å². The fourth-order valence-corrected chi connectivity index (χ4v) is 4.09. The highest BCUT2D eigenvalue weighted by molar-refractivity contribution is 8.00. The van der Waals surface area contributed by atoms with Crippen molar-refractivity contribution in [1.82, 2.24) is 15.8 Å². The van der Waals surface area contributed by atoms with E-state index in [0.29, 0.717) is 12.0 Å². The molecule has 1 heterocycles. The summed E-state index contributed by atoms with van der Waals surface area (Å²) in [6.45, 7) is 8.26. The molecule has 1 aliphatic rings. The van der Waals surface area contributed by atoms with Crippen LogP contribution in [0.25, 0.3) is 0 Å². The zero-order valence-corrected chi connectivity index (χ0v) is 18.5. The van der Waals surface area contributed by atoms with Crippen LogP contribution in [0.5, 0.6) is 0 Å². The van der Waals surface area contributed by atoms with E-state index >= 15 is 0 Å². The molecule has 30 heavy (non-hydrogen) atoms. The minimum Gasteiger partial charge on any atom is -0.318 e. The van der Waals surface area contributed by atoms with Crippen LogP contribution in [0.2, 0.25) is 0 Å². The van der Waals surface area contributed by atoms with Crippen molar-refractivity contribution in [3.63, 3.8) is 0 Å². The van der Waals surface area contributed by atoms with E-state index in [-0.39, 0.29) is 11.2 Å². The van der Waals surface area contributed by atoms with E-state index in [1.165, 1.54) is 17.3 Å². The third-order valence-corrected chi connectivity index (χ3v) is 6.23. The topological polar surface area (TPSA) is 78.5 Å². The highest BCUT2D eigenvalue weighted by Gasteiger charge is 2.52. The van der Waals surface area contributed by atoms with Crippen LogP contribution in [0, 0.1) is 0 Å². The van der Waals surface area contributed by atoms with Gasteiger partial charge in [0.2, 0.25) is 5.91 Å². The van der Waals surface area contributed by atoms with Gasteiger partial charge in [-0.2, -0.15) is 5.01 Å². The van der Waals surface area contributed by atoms with Crippen molar-refractivity contribution in [3.8, 4) is 0 Å². The molecule has 1 unspecified atom stereocenters. The second-order valence-electron chi connectivity index (χ2n) is 8.29. The van der Waals surface area contributed by atoms with E-state index < -0.39 is 23.4 Å². The van der Waals surface area contributed by atoms with Crippen LogP contribution in [-0.2, 0) is 20.5 Å². The number of carbonyl (C=O) groups is 3. The monoisotopic (exact) mass is 425 g/mol. The molecule has 0 aromatic heterocycles. The number of hydrazine groups is 1. The molecule has 3 rings (SSSR count). The van der Waals surface area contributed by atoms with Crippen molar-refractivity contribution in [1.29, 1.82) is 0 Å². The smallest absolute Gasteiger partial charge is 0.318 e. The standard InChI is InChI=1S/C23H27N3O3S/c1-5-23(17-9-7-6-8-10-17)20(28)26(21(29)24-23)25-19(27)15-30-18-13-11-16(12-14-18)22(2,3)4/h6-14H,5,15H2,1-4H3,(H,24,29)(H,25,27). The van der Waals surface area contributed by atoms with Gasteiger partial charge in [0.15, 0.2) is 0 Å². The number of nitrogens with zero attached hydrogens (tertiary/aromatic N) is 1. The average Bonchev–Trinajstić information content (AvgIpc) is 2.97. The lowest BCUT2D eigenvalue weighted by Crippen LogP contribution is -2.49. The molecule has 0 aliphatic carbocycles. The van der Waals surface area contributed by atoms with Gasteiger partial charge in [-0.1, -0.05) is 70.2 Å². The lowest BCUT2D eigenvalue weighted by Gasteiger charge is -2.25. The lowest BCUT2D eigenvalue weighted by atomic mass is 9.87. The maximum absolute atomic E-state index is 13.0. The van der Waals surface area contributed by atoms with Crippen molar-refractivity contribution >= 4 is 29.6 Å². The summed E-state index contributed by atoms with van der Waals surface area (Å²) in [7, 11) is 0. The minimum atomic E-state index is -1.17. The number of urea groups is 1. The Morgan fingerprint density at radius 1 is 1.07 bits per heavy atom. The molecule has 1 aliphatic heterocycles. The first-order valence-electron chi connectivity index (χ1n) is 9.92.